The highest BCUT2D eigenvalue weighted by atomic mass is 35.5. The molecule has 2 rings (SSSR count). The molecule has 0 unspecified atom stereocenters. The van der Waals surface area contributed by atoms with Crippen LogP contribution in [0.3, 0.4) is 0 Å². The Morgan fingerprint density at radius 2 is 1.84 bits per heavy atom. The lowest BCUT2D eigenvalue weighted by Crippen LogP contribution is -2.32. The van der Waals surface area contributed by atoms with E-state index in [0.29, 0.717) is 0 Å². The Bertz CT molecular complexity index is 835. The molecule has 2 aromatic rings. The van der Waals surface area contributed by atoms with Crippen LogP contribution in [0, 0.1) is 15.9 Å². The molecule has 0 saturated carbocycles. The number of rotatable bonds is 4. The van der Waals surface area contributed by atoms with Crippen LogP contribution in [0.25, 0.3) is 0 Å². The maximum atomic E-state index is 13.5. The molecule has 0 bridgehead atoms. The summed E-state index contributed by atoms with van der Waals surface area (Å²) >= 11 is 5.78. The van der Waals surface area contributed by atoms with Gasteiger partial charge in [0.2, 0.25) is 0 Å². The van der Waals surface area contributed by atoms with E-state index in [1.54, 1.807) is 0 Å². The van der Waals surface area contributed by atoms with Crippen LogP contribution in [0.1, 0.15) is 5.56 Å². The smallest absolute Gasteiger partial charge is 0.318 e. The van der Waals surface area contributed by atoms with E-state index in [2.05, 4.69) is 10.4 Å². The van der Waals surface area contributed by atoms with E-state index in [1.165, 1.54) is 36.4 Å². The number of hydrazone groups is 1. The minimum Gasteiger partial charge on any atom is -0.318 e. The van der Waals surface area contributed by atoms with Gasteiger partial charge in [-0.05, 0) is 24.3 Å². The number of carbonyl (C=O) groups is 2. The zero-order valence-electron chi connectivity index (χ0n) is 12.4. The van der Waals surface area contributed by atoms with Crippen molar-refractivity contribution in [3.05, 3.63) is 69.0 Å². The summed E-state index contributed by atoms with van der Waals surface area (Å²) in [4.78, 5) is 33.2. The number of hydrogen-bond donors (Lipinski definition) is 2. The van der Waals surface area contributed by atoms with Crippen molar-refractivity contribution in [2.45, 2.75) is 0 Å². The molecule has 0 aliphatic carbocycles. The lowest BCUT2D eigenvalue weighted by Gasteiger charge is -2.03. The van der Waals surface area contributed by atoms with Gasteiger partial charge in [0.15, 0.2) is 0 Å². The van der Waals surface area contributed by atoms with Crippen LogP contribution in [0.4, 0.5) is 15.8 Å². The first-order valence-electron chi connectivity index (χ1n) is 6.71. The molecule has 0 aromatic heterocycles. The molecule has 0 atom stereocenters. The standard InChI is InChI=1S/C15H10ClFN4O4/c16-12-2-1-3-13(17)11(12)8-18-20-15(23)14(22)19-9-4-6-10(7-5-9)21(24)25/h1-8H,(H,19,22)(H,20,23)/b18-8+. The van der Waals surface area contributed by atoms with Crippen molar-refractivity contribution in [3.63, 3.8) is 0 Å². The Hall–Kier alpha value is -3.33. The van der Waals surface area contributed by atoms with Crippen molar-refractivity contribution in [3.8, 4) is 0 Å². The van der Waals surface area contributed by atoms with Gasteiger partial charge in [-0.1, -0.05) is 17.7 Å². The molecule has 128 valence electrons. The lowest BCUT2D eigenvalue weighted by atomic mass is 10.2. The van der Waals surface area contributed by atoms with E-state index >= 15 is 0 Å². The predicted octanol–water partition coefficient (Wildman–Crippen LogP) is 2.48. The first-order valence-corrected chi connectivity index (χ1v) is 7.09. The lowest BCUT2D eigenvalue weighted by molar-refractivity contribution is -0.384. The molecule has 0 radical (unpaired) electrons. The molecule has 0 heterocycles. The highest BCUT2D eigenvalue weighted by molar-refractivity contribution is 6.39. The van der Waals surface area contributed by atoms with Gasteiger partial charge in [0.1, 0.15) is 5.82 Å². The van der Waals surface area contributed by atoms with Crippen LogP contribution in [-0.2, 0) is 9.59 Å². The topological polar surface area (TPSA) is 114 Å². The number of nitrogens with one attached hydrogen (secondary N) is 2. The van der Waals surface area contributed by atoms with Gasteiger partial charge in [0, 0.05) is 23.4 Å². The summed E-state index contributed by atoms with van der Waals surface area (Å²) in [5.74, 6) is -2.80. The minimum absolute atomic E-state index is 0.0414. The average Bonchev–Trinajstić information content (AvgIpc) is 2.57. The fraction of sp³-hybridized carbons (Fsp3) is 0. The largest absolute Gasteiger partial charge is 0.329 e. The van der Waals surface area contributed by atoms with Crippen LogP contribution in [-0.4, -0.2) is 23.0 Å². The minimum atomic E-state index is -1.11. The molecular weight excluding hydrogens is 355 g/mol. The van der Waals surface area contributed by atoms with E-state index in [9.17, 15) is 24.1 Å². The number of nitrogens with zero attached hydrogens (tertiary/aromatic N) is 2. The van der Waals surface area contributed by atoms with E-state index in [0.717, 1.165) is 12.3 Å². The van der Waals surface area contributed by atoms with Crippen molar-refractivity contribution in [1.29, 1.82) is 0 Å². The number of hydrogen-bond acceptors (Lipinski definition) is 5. The van der Waals surface area contributed by atoms with E-state index in [1.807, 2.05) is 5.43 Å². The summed E-state index contributed by atoms with van der Waals surface area (Å²) in [6.45, 7) is 0. The third-order valence-electron chi connectivity index (χ3n) is 2.90. The second kappa shape index (κ2) is 7.97. The SMILES string of the molecule is O=C(N/N=C/c1c(F)cccc1Cl)C(=O)Nc1ccc([N+](=O)[O-])cc1. The van der Waals surface area contributed by atoms with E-state index < -0.39 is 22.6 Å². The summed E-state index contributed by atoms with van der Waals surface area (Å²) in [7, 11) is 0. The van der Waals surface area contributed by atoms with Gasteiger partial charge in [0.05, 0.1) is 16.2 Å². The molecule has 8 nitrogen and oxygen atoms in total. The molecule has 0 fully saturated rings. The third-order valence-corrected chi connectivity index (χ3v) is 3.23. The van der Waals surface area contributed by atoms with Crippen LogP contribution in [0.15, 0.2) is 47.6 Å². The van der Waals surface area contributed by atoms with Crippen LogP contribution in [0.2, 0.25) is 5.02 Å². The number of nitro benzene ring substituents is 1. The molecule has 0 saturated heterocycles. The summed E-state index contributed by atoms with van der Waals surface area (Å²) in [6, 6.07) is 8.89. The monoisotopic (exact) mass is 364 g/mol. The fourth-order valence-electron chi connectivity index (χ4n) is 1.69. The summed E-state index contributed by atoms with van der Waals surface area (Å²) in [5, 5.41) is 16.3. The number of non-ortho nitro benzene ring substituents is 1. The zero-order valence-corrected chi connectivity index (χ0v) is 13.2. The second-order valence-corrected chi connectivity index (χ2v) is 5.00. The number of anilines is 1. The molecule has 2 aromatic carbocycles. The van der Waals surface area contributed by atoms with Gasteiger partial charge in [-0.3, -0.25) is 19.7 Å². The van der Waals surface area contributed by atoms with Crippen molar-refractivity contribution in [2.24, 2.45) is 5.10 Å². The Morgan fingerprint density at radius 3 is 2.44 bits per heavy atom. The van der Waals surface area contributed by atoms with Gasteiger partial charge in [-0.2, -0.15) is 5.10 Å². The molecule has 25 heavy (non-hydrogen) atoms. The fourth-order valence-corrected chi connectivity index (χ4v) is 1.91. The number of carbonyl (C=O) groups excluding carboxylic acids is 2. The Balaban J connectivity index is 1.95. The van der Waals surface area contributed by atoms with Gasteiger partial charge in [-0.25, -0.2) is 9.82 Å². The summed E-state index contributed by atoms with van der Waals surface area (Å²) in [5.41, 5.74) is 1.91. The number of nitro groups is 1. The Kier molecular flexibility index (Phi) is 5.75. The molecule has 2 amide bonds. The van der Waals surface area contributed by atoms with Crippen LogP contribution in [0.5, 0.6) is 0 Å². The third kappa shape index (κ3) is 4.82. The quantitative estimate of drug-likeness (QED) is 0.375. The first kappa shape index (κ1) is 18.0. The zero-order chi connectivity index (χ0) is 18.4. The molecule has 0 aliphatic rings. The maximum absolute atomic E-state index is 13.5. The Morgan fingerprint density at radius 1 is 1.16 bits per heavy atom. The second-order valence-electron chi connectivity index (χ2n) is 4.59. The first-order chi connectivity index (χ1) is 11.9. The van der Waals surface area contributed by atoms with Crippen molar-refractivity contribution >= 4 is 41.0 Å². The number of benzene rings is 2. The molecule has 10 heteroatoms. The number of amides is 2. The van der Waals surface area contributed by atoms with Gasteiger partial charge in [-0.15, -0.1) is 0 Å². The number of halogens is 2. The van der Waals surface area contributed by atoms with Crippen molar-refractivity contribution in [2.75, 3.05) is 5.32 Å². The predicted molar refractivity (Wildman–Crippen MR) is 88.9 cm³/mol. The van der Waals surface area contributed by atoms with Gasteiger partial charge < -0.3 is 5.32 Å². The van der Waals surface area contributed by atoms with E-state index in [-0.39, 0.29) is 22.0 Å². The normalized spacial score (nSPS) is 10.5. The van der Waals surface area contributed by atoms with Gasteiger partial charge in [0.25, 0.3) is 5.69 Å². The Labute approximate surface area is 145 Å². The highest BCUT2D eigenvalue weighted by Gasteiger charge is 2.14. The van der Waals surface area contributed by atoms with Crippen LogP contribution < -0.4 is 10.7 Å². The van der Waals surface area contributed by atoms with Crippen LogP contribution >= 0.6 is 11.6 Å². The molecular formula is C15H10ClFN4O4. The summed E-state index contributed by atoms with van der Waals surface area (Å²) < 4.78 is 13.5. The summed E-state index contributed by atoms with van der Waals surface area (Å²) in [6.07, 6.45) is 0.967. The molecule has 2 N–H and O–H groups in total. The van der Waals surface area contributed by atoms with Crippen molar-refractivity contribution in [1.82, 2.24) is 5.43 Å². The van der Waals surface area contributed by atoms with E-state index in [4.69, 9.17) is 11.6 Å². The maximum Gasteiger partial charge on any atom is 0.329 e. The average molecular weight is 365 g/mol. The highest BCUT2D eigenvalue weighted by Crippen LogP contribution is 2.16. The molecule has 0 spiro atoms. The molecule has 0 aliphatic heterocycles. The van der Waals surface area contributed by atoms with Crippen molar-refractivity contribution < 1.29 is 18.9 Å². The van der Waals surface area contributed by atoms with Gasteiger partial charge >= 0.3 is 11.8 Å².